The second kappa shape index (κ2) is 5.47. The van der Waals surface area contributed by atoms with Gasteiger partial charge < -0.3 is 16.2 Å². The molecule has 1 unspecified atom stereocenters. The van der Waals surface area contributed by atoms with Gasteiger partial charge in [0.1, 0.15) is 0 Å². The van der Waals surface area contributed by atoms with Crippen molar-refractivity contribution in [1.82, 2.24) is 5.32 Å². The van der Waals surface area contributed by atoms with Gasteiger partial charge in [-0.15, -0.1) is 0 Å². The maximum Gasteiger partial charge on any atom is 0.305 e. The number of amides is 1. The van der Waals surface area contributed by atoms with Crippen molar-refractivity contribution in [3.05, 3.63) is 22.4 Å². The summed E-state index contributed by atoms with van der Waals surface area (Å²) in [5, 5.41) is 14.8. The van der Waals surface area contributed by atoms with E-state index < -0.39 is 17.9 Å². The maximum atomic E-state index is 11.3. The van der Waals surface area contributed by atoms with E-state index in [-0.39, 0.29) is 6.42 Å². The summed E-state index contributed by atoms with van der Waals surface area (Å²) in [6.45, 7) is 0.385. The molecule has 1 heterocycles. The molecule has 0 fully saturated rings. The molecule has 1 amide bonds. The van der Waals surface area contributed by atoms with Gasteiger partial charge in [0, 0.05) is 6.54 Å². The van der Waals surface area contributed by atoms with E-state index in [1.54, 1.807) is 0 Å². The molecule has 0 saturated carbocycles. The van der Waals surface area contributed by atoms with Crippen molar-refractivity contribution in [1.29, 1.82) is 0 Å². The lowest BCUT2D eigenvalue weighted by molar-refractivity contribution is -0.139. The van der Waals surface area contributed by atoms with Gasteiger partial charge in [-0.1, -0.05) is 0 Å². The topological polar surface area (TPSA) is 92.4 Å². The Morgan fingerprint density at radius 2 is 2.33 bits per heavy atom. The van der Waals surface area contributed by atoms with Crippen molar-refractivity contribution < 1.29 is 14.7 Å². The third-order valence-electron chi connectivity index (χ3n) is 1.78. The fourth-order valence-electron chi connectivity index (χ4n) is 0.994. The van der Waals surface area contributed by atoms with Crippen LogP contribution in [0.1, 0.15) is 12.0 Å². The number of nitrogens with two attached hydrogens (primary N) is 1. The molecule has 0 aromatic carbocycles. The molecule has 6 heteroatoms. The average Bonchev–Trinajstić information content (AvgIpc) is 2.65. The Morgan fingerprint density at radius 1 is 1.60 bits per heavy atom. The second-order valence-corrected chi connectivity index (χ2v) is 3.83. The van der Waals surface area contributed by atoms with Crippen LogP contribution in [0.25, 0.3) is 0 Å². The van der Waals surface area contributed by atoms with E-state index in [4.69, 9.17) is 10.8 Å². The van der Waals surface area contributed by atoms with Crippen LogP contribution in [0.4, 0.5) is 0 Å². The van der Waals surface area contributed by atoms with Crippen LogP contribution < -0.4 is 11.1 Å². The number of carboxylic acid groups (broad SMARTS) is 1. The van der Waals surface area contributed by atoms with Gasteiger partial charge in [-0.05, 0) is 22.4 Å². The molecule has 5 nitrogen and oxygen atoms in total. The number of carboxylic acids is 1. The highest BCUT2D eigenvalue weighted by molar-refractivity contribution is 7.07. The van der Waals surface area contributed by atoms with Crippen molar-refractivity contribution in [2.24, 2.45) is 5.73 Å². The Balaban J connectivity index is 2.32. The van der Waals surface area contributed by atoms with Crippen LogP contribution in [0.3, 0.4) is 0 Å². The second-order valence-electron chi connectivity index (χ2n) is 3.05. The smallest absolute Gasteiger partial charge is 0.305 e. The molecule has 1 atom stereocenters. The van der Waals surface area contributed by atoms with Crippen LogP contribution in [0.5, 0.6) is 0 Å². The van der Waals surface area contributed by atoms with Crippen LogP contribution in [0, 0.1) is 0 Å². The first-order valence-electron chi connectivity index (χ1n) is 4.35. The van der Waals surface area contributed by atoms with Crippen LogP contribution in [-0.4, -0.2) is 23.0 Å². The predicted octanol–water partition coefficient (Wildman–Crippen LogP) is 0.166. The van der Waals surface area contributed by atoms with Gasteiger partial charge in [0.15, 0.2) is 0 Å². The Kier molecular flexibility index (Phi) is 4.26. The summed E-state index contributed by atoms with van der Waals surface area (Å²) in [5.74, 6) is -1.52. The molecule has 4 N–H and O–H groups in total. The summed E-state index contributed by atoms with van der Waals surface area (Å²) in [7, 11) is 0. The summed E-state index contributed by atoms with van der Waals surface area (Å²) >= 11 is 1.53. The van der Waals surface area contributed by atoms with E-state index in [1.165, 1.54) is 11.3 Å². The summed E-state index contributed by atoms with van der Waals surface area (Å²) in [4.78, 5) is 21.6. The van der Waals surface area contributed by atoms with Crippen molar-refractivity contribution in [3.63, 3.8) is 0 Å². The van der Waals surface area contributed by atoms with Crippen LogP contribution in [0.2, 0.25) is 0 Å². The number of carbonyl (C=O) groups is 2. The van der Waals surface area contributed by atoms with E-state index in [0.29, 0.717) is 6.54 Å². The molecular weight excluding hydrogens is 216 g/mol. The molecule has 0 saturated heterocycles. The van der Waals surface area contributed by atoms with Crippen LogP contribution in [0.15, 0.2) is 16.8 Å². The molecule has 1 rings (SSSR count). The molecule has 0 spiro atoms. The number of carbonyl (C=O) groups excluding carboxylic acids is 1. The lowest BCUT2D eigenvalue weighted by Gasteiger charge is -2.09. The van der Waals surface area contributed by atoms with Gasteiger partial charge in [-0.2, -0.15) is 11.3 Å². The molecule has 0 radical (unpaired) electrons. The monoisotopic (exact) mass is 228 g/mol. The molecule has 0 bridgehead atoms. The minimum Gasteiger partial charge on any atom is -0.481 e. The van der Waals surface area contributed by atoms with E-state index in [0.717, 1.165) is 5.56 Å². The number of hydrogen-bond donors (Lipinski definition) is 3. The third-order valence-corrected chi connectivity index (χ3v) is 2.51. The van der Waals surface area contributed by atoms with Crippen molar-refractivity contribution in [2.45, 2.75) is 19.0 Å². The fraction of sp³-hybridized carbons (Fsp3) is 0.333. The predicted molar refractivity (Wildman–Crippen MR) is 56.4 cm³/mol. The fourth-order valence-corrected chi connectivity index (χ4v) is 1.66. The van der Waals surface area contributed by atoms with Gasteiger partial charge in [0.25, 0.3) is 0 Å². The minimum absolute atomic E-state index is 0.352. The highest BCUT2D eigenvalue weighted by atomic mass is 32.1. The normalized spacial score (nSPS) is 12.1. The Labute approximate surface area is 90.9 Å². The zero-order chi connectivity index (χ0) is 11.3. The lowest BCUT2D eigenvalue weighted by Crippen LogP contribution is -2.41. The number of thiophene rings is 1. The summed E-state index contributed by atoms with van der Waals surface area (Å²) in [6.07, 6.45) is -0.352. The first-order valence-corrected chi connectivity index (χ1v) is 5.30. The van der Waals surface area contributed by atoms with Gasteiger partial charge in [0.2, 0.25) is 5.91 Å². The first kappa shape index (κ1) is 11.7. The standard InChI is InChI=1S/C9H12N2O3S/c10-7(3-8(12)13)9(14)11-4-6-1-2-15-5-6/h1-2,5,7H,3-4,10H2,(H,11,14)(H,12,13). The zero-order valence-corrected chi connectivity index (χ0v) is 8.79. The first-order chi connectivity index (χ1) is 7.09. The highest BCUT2D eigenvalue weighted by Crippen LogP contribution is 2.04. The van der Waals surface area contributed by atoms with Crippen LogP contribution in [-0.2, 0) is 16.1 Å². The third kappa shape index (κ3) is 4.09. The molecule has 0 aliphatic heterocycles. The Bertz CT molecular complexity index is 337. The van der Waals surface area contributed by atoms with Crippen LogP contribution >= 0.6 is 11.3 Å². The molecule has 1 aromatic heterocycles. The van der Waals surface area contributed by atoms with Crippen molar-refractivity contribution in [3.8, 4) is 0 Å². The molecule has 1 aromatic rings. The molecule has 0 aliphatic rings. The number of aliphatic carboxylic acids is 1. The molecule has 82 valence electrons. The Morgan fingerprint density at radius 3 is 2.87 bits per heavy atom. The maximum absolute atomic E-state index is 11.3. The van der Waals surface area contributed by atoms with Gasteiger partial charge in [-0.25, -0.2) is 0 Å². The lowest BCUT2D eigenvalue weighted by atomic mass is 10.2. The summed E-state index contributed by atoms with van der Waals surface area (Å²) in [6, 6.07) is 0.898. The van der Waals surface area contributed by atoms with Crippen molar-refractivity contribution >= 4 is 23.2 Å². The molecular formula is C9H12N2O3S. The summed E-state index contributed by atoms with van der Waals surface area (Å²) < 4.78 is 0. The SMILES string of the molecule is NC(CC(=O)O)C(=O)NCc1ccsc1. The van der Waals surface area contributed by atoms with E-state index in [2.05, 4.69) is 5.32 Å². The largest absolute Gasteiger partial charge is 0.481 e. The van der Waals surface area contributed by atoms with E-state index in [9.17, 15) is 9.59 Å². The number of rotatable bonds is 5. The average molecular weight is 228 g/mol. The Hall–Kier alpha value is -1.40. The van der Waals surface area contributed by atoms with Gasteiger partial charge >= 0.3 is 5.97 Å². The highest BCUT2D eigenvalue weighted by Gasteiger charge is 2.16. The number of hydrogen-bond acceptors (Lipinski definition) is 4. The minimum atomic E-state index is -1.08. The van der Waals surface area contributed by atoms with E-state index in [1.807, 2.05) is 16.8 Å². The summed E-state index contributed by atoms with van der Waals surface area (Å²) in [5.41, 5.74) is 6.35. The molecule has 15 heavy (non-hydrogen) atoms. The molecule has 0 aliphatic carbocycles. The van der Waals surface area contributed by atoms with E-state index >= 15 is 0 Å². The zero-order valence-electron chi connectivity index (χ0n) is 7.97. The number of nitrogens with one attached hydrogen (secondary N) is 1. The van der Waals surface area contributed by atoms with Crippen molar-refractivity contribution in [2.75, 3.05) is 0 Å². The quantitative estimate of drug-likeness (QED) is 0.669. The van der Waals surface area contributed by atoms with Gasteiger partial charge in [-0.3, -0.25) is 9.59 Å². The van der Waals surface area contributed by atoms with Gasteiger partial charge in [0.05, 0.1) is 12.5 Å².